The number of likely N-dealkylation sites (N-methyl/N-ethyl adjacent to an activating group) is 1. The van der Waals surface area contributed by atoms with Crippen LogP contribution in [0.15, 0.2) is 22.7 Å². The van der Waals surface area contributed by atoms with Crippen LogP contribution in [0.5, 0.6) is 0 Å². The van der Waals surface area contributed by atoms with E-state index in [0.29, 0.717) is 24.9 Å². The molecular formula is C13H15BrFNO2. The molecule has 0 aliphatic heterocycles. The van der Waals surface area contributed by atoms with Crippen molar-refractivity contribution in [2.45, 2.75) is 18.9 Å². The van der Waals surface area contributed by atoms with Crippen LogP contribution in [0, 0.1) is 11.7 Å². The SMILES string of the molecule is CN(CCc1cc(Br)ccc1F)C1CC1C(=O)O. The normalized spacial score (nSPS) is 22.2. The topological polar surface area (TPSA) is 40.5 Å². The predicted molar refractivity (Wildman–Crippen MR) is 70.0 cm³/mol. The fourth-order valence-electron chi connectivity index (χ4n) is 2.13. The van der Waals surface area contributed by atoms with Gasteiger partial charge in [-0.15, -0.1) is 0 Å². The molecule has 2 atom stereocenters. The average Bonchev–Trinajstić information content (AvgIpc) is 3.10. The Labute approximate surface area is 114 Å². The van der Waals surface area contributed by atoms with Gasteiger partial charge in [-0.1, -0.05) is 15.9 Å². The maximum atomic E-state index is 13.5. The lowest BCUT2D eigenvalue weighted by Crippen LogP contribution is -2.26. The molecule has 0 heterocycles. The van der Waals surface area contributed by atoms with Gasteiger partial charge in [0.15, 0.2) is 0 Å². The van der Waals surface area contributed by atoms with Gasteiger partial charge in [0.25, 0.3) is 0 Å². The Morgan fingerprint density at radius 3 is 2.94 bits per heavy atom. The molecule has 0 aromatic heterocycles. The van der Waals surface area contributed by atoms with Gasteiger partial charge in [0.05, 0.1) is 5.92 Å². The summed E-state index contributed by atoms with van der Waals surface area (Å²) in [6, 6.07) is 4.99. The fourth-order valence-corrected chi connectivity index (χ4v) is 2.54. The van der Waals surface area contributed by atoms with E-state index in [4.69, 9.17) is 5.11 Å². The van der Waals surface area contributed by atoms with E-state index in [0.717, 1.165) is 4.47 Å². The van der Waals surface area contributed by atoms with Crippen molar-refractivity contribution in [1.29, 1.82) is 0 Å². The van der Waals surface area contributed by atoms with Gasteiger partial charge in [-0.3, -0.25) is 4.79 Å². The van der Waals surface area contributed by atoms with E-state index in [1.165, 1.54) is 6.07 Å². The van der Waals surface area contributed by atoms with Crippen molar-refractivity contribution in [3.63, 3.8) is 0 Å². The maximum absolute atomic E-state index is 13.5. The van der Waals surface area contributed by atoms with Crippen LogP contribution in [0.3, 0.4) is 0 Å². The molecule has 2 rings (SSSR count). The van der Waals surface area contributed by atoms with Gasteiger partial charge in [0.2, 0.25) is 0 Å². The quantitative estimate of drug-likeness (QED) is 0.907. The highest BCUT2D eigenvalue weighted by atomic mass is 79.9. The number of carboxylic acid groups (broad SMARTS) is 1. The van der Waals surface area contributed by atoms with Crippen molar-refractivity contribution in [2.75, 3.05) is 13.6 Å². The lowest BCUT2D eigenvalue weighted by molar-refractivity contribution is -0.138. The zero-order valence-electron chi connectivity index (χ0n) is 10.1. The number of hydrogen-bond acceptors (Lipinski definition) is 2. The first-order chi connectivity index (χ1) is 8.49. The van der Waals surface area contributed by atoms with Crippen LogP contribution >= 0.6 is 15.9 Å². The molecule has 98 valence electrons. The summed E-state index contributed by atoms with van der Waals surface area (Å²) in [5.74, 6) is -1.19. The van der Waals surface area contributed by atoms with E-state index < -0.39 is 5.97 Å². The minimum Gasteiger partial charge on any atom is -0.481 e. The van der Waals surface area contributed by atoms with Gasteiger partial charge in [-0.25, -0.2) is 4.39 Å². The molecule has 1 aliphatic carbocycles. The van der Waals surface area contributed by atoms with Crippen molar-refractivity contribution in [1.82, 2.24) is 4.90 Å². The van der Waals surface area contributed by atoms with Crippen molar-refractivity contribution >= 4 is 21.9 Å². The number of rotatable bonds is 5. The van der Waals surface area contributed by atoms with Crippen molar-refractivity contribution in [2.24, 2.45) is 5.92 Å². The van der Waals surface area contributed by atoms with Gasteiger partial charge >= 0.3 is 5.97 Å². The molecule has 0 bridgehead atoms. The Bertz CT molecular complexity index is 466. The third kappa shape index (κ3) is 3.09. The van der Waals surface area contributed by atoms with Crippen LogP contribution in [0.4, 0.5) is 4.39 Å². The third-order valence-electron chi connectivity index (χ3n) is 3.38. The van der Waals surface area contributed by atoms with Crippen molar-refractivity contribution in [3.05, 3.63) is 34.1 Å². The summed E-state index contributed by atoms with van der Waals surface area (Å²) >= 11 is 3.32. The first kappa shape index (κ1) is 13.5. The zero-order valence-corrected chi connectivity index (χ0v) is 11.7. The molecule has 0 spiro atoms. The van der Waals surface area contributed by atoms with E-state index >= 15 is 0 Å². The summed E-state index contributed by atoms with van der Waals surface area (Å²) in [5, 5.41) is 8.85. The lowest BCUT2D eigenvalue weighted by Gasteiger charge is -2.16. The van der Waals surface area contributed by atoms with Gasteiger partial charge in [-0.05, 0) is 43.7 Å². The van der Waals surface area contributed by atoms with Gasteiger partial charge in [0.1, 0.15) is 5.82 Å². The number of carbonyl (C=O) groups is 1. The van der Waals surface area contributed by atoms with Gasteiger partial charge < -0.3 is 10.0 Å². The molecule has 0 amide bonds. The molecule has 0 radical (unpaired) electrons. The molecule has 18 heavy (non-hydrogen) atoms. The van der Waals surface area contributed by atoms with Gasteiger partial charge in [0, 0.05) is 17.1 Å². The Balaban J connectivity index is 1.88. The first-order valence-electron chi connectivity index (χ1n) is 5.86. The molecule has 1 aromatic carbocycles. The molecule has 1 aliphatic rings. The average molecular weight is 316 g/mol. The molecule has 3 nitrogen and oxygen atoms in total. The number of hydrogen-bond donors (Lipinski definition) is 1. The molecule has 1 fully saturated rings. The molecule has 1 aromatic rings. The monoisotopic (exact) mass is 315 g/mol. The Morgan fingerprint density at radius 1 is 1.61 bits per heavy atom. The largest absolute Gasteiger partial charge is 0.481 e. The standard InChI is InChI=1S/C13H15BrFNO2/c1-16(12-7-10(12)13(17)18)5-4-8-6-9(14)2-3-11(8)15/h2-3,6,10,12H,4-5,7H2,1H3,(H,17,18). The number of nitrogens with zero attached hydrogens (tertiary/aromatic N) is 1. The summed E-state index contributed by atoms with van der Waals surface area (Å²) in [4.78, 5) is 12.8. The minimum absolute atomic E-state index is 0.109. The lowest BCUT2D eigenvalue weighted by atomic mass is 10.1. The summed E-state index contributed by atoms with van der Waals surface area (Å²) < 4.78 is 14.4. The maximum Gasteiger partial charge on any atom is 0.308 e. The summed E-state index contributed by atoms with van der Waals surface area (Å²) in [5.41, 5.74) is 0.656. The third-order valence-corrected chi connectivity index (χ3v) is 3.87. The van der Waals surface area contributed by atoms with Crippen LogP contribution in [0.1, 0.15) is 12.0 Å². The highest BCUT2D eigenvalue weighted by Gasteiger charge is 2.45. The van der Waals surface area contributed by atoms with Crippen molar-refractivity contribution in [3.8, 4) is 0 Å². The van der Waals surface area contributed by atoms with E-state index in [-0.39, 0.29) is 17.8 Å². The van der Waals surface area contributed by atoms with E-state index in [2.05, 4.69) is 15.9 Å². The highest BCUT2D eigenvalue weighted by molar-refractivity contribution is 9.10. The summed E-state index contributed by atoms with van der Waals surface area (Å²) in [7, 11) is 1.89. The van der Waals surface area contributed by atoms with Crippen LogP contribution in [0.2, 0.25) is 0 Å². The first-order valence-corrected chi connectivity index (χ1v) is 6.65. The van der Waals surface area contributed by atoms with Gasteiger partial charge in [-0.2, -0.15) is 0 Å². The fraction of sp³-hybridized carbons (Fsp3) is 0.462. The second-order valence-electron chi connectivity index (χ2n) is 4.71. The van der Waals surface area contributed by atoms with Crippen LogP contribution in [-0.2, 0) is 11.2 Å². The Morgan fingerprint density at radius 2 is 2.33 bits per heavy atom. The minimum atomic E-state index is -0.736. The highest BCUT2D eigenvalue weighted by Crippen LogP contribution is 2.35. The smallest absolute Gasteiger partial charge is 0.308 e. The Kier molecular flexibility index (Phi) is 4.02. The Hall–Kier alpha value is -0.940. The summed E-state index contributed by atoms with van der Waals surface area (Å²) in [6.07, 6.45) is 1.29. The molecule has 1 N–H and O–H groups in total. The van der Waals surface area contributed by atoms with E-state index in [1.807, 2.05) is 11.9 Å². The molecular weight excluding hydrogens is 301 g/mol. The number of carboxylic acids is 1. The predicted octanol–water partition coefficient (Wildman–Crippen LogP) is 2.54. The second-order valence-corrected chi connectivity index (χ2v) is 5.63. The molecule has 5 heteroatoms. The number of benzene rings is 1. The zero-order chi connectivity index (χ0) is 13.3. The number of aliphatic carboxylic acids is 1. The van der Waals surface area contributed by atoms with Crippen LogP contribution in [-0.4, -0.2) is 35.6 Å². The molecule has 1 saturated carbocycles. The second kappa shape index (κ2) is 5.36. The van der Waals surface area contributed by atoms with Crippen LogP contribution in [0.25, 0.3) is 0 Å². The van der Waals surface area contributed by atoms with E-state index in [1.54, 1.807) is 12.1 Å². The molecule has 0 saturated heterocycles. The van der Waals surface area contributed by atoms with E-state index in [9.17, 15) is 9.18 Å². The van der Waals surface area contributed by atoms with Crippen LogP contribution < -0.4 is 0 Å². The summed E-state index contributed by atoms with van der Waals surface area (Å²) in [6.45, 7) is 0.668. The van der Waals surface area contributed by atoms with Crippen molar-refractivity contribution < 1.29 is 14.3 Å². The number of halogens is 2. The molecule has 2 unspecified atom stereocenters.